The molecule has 0 aromatic heterocycles. The Bertz CT molecular complexity index is 5630. The van der Waals surface area contributed by atoms with Crippen LogP contribution in [0.2, 0.25) is 0 Å². The van der Waals surface area contributed by atoms with Crippen LogP contribution in [0.3, 0.4) is 0 Å². The molecule has 0 atom stereocenters. The van der Waals surface area contributed by atoms with Crippen LogP contribution in [0, 0.1) is 0 Å². The van der Waals surface area contributed by atoms with Crippen molar-refractivity contribution in [1.29, 1.82) is 0 Å². The van der Waals surface area contributed by atoms with Gasteiger partial charge in [0, 0.05) is 48.0 Å². The highest BCUT2D eigenvalue weighted by atomic mass is 16.5. The van der Waals surface area contributed by atoms with Gasteiger partial charge in [0.1, 0.15) is 179 Å². The molecule has 0 bridgehead atoms. The number of ether oxygens (including phenoxy) is 16. The van der Waals surface area contributed by atoms with Crippen LogP contribution in [0.1, 0.15) is 89.0 Å². The molecule has 0 fully saturated rings. The summed E-state index contributed by atoms with van der Waals surface area (Å²) in [5.41, 5.74) is 14.7. The van der Waals surface area contributed by atoms with Gasteiger partial charge in [0.25, 0.3) is 0 Å². The van der Waals surface area contributed by atoms with Crippen LogP contribution in [0.15, 0.2) is 406 Å². The van der Waals surface area contributed by atoms with Crippen LogP contribution in [0.4, 0.5) is 0 Å². The Balaban J connectivity index is 0.685. The largest absolute Gasteiger partial charge is 0.496 e. The van der Waals surface area contributed by atoms with E-state index >= 15 is 0 Å². The van der Waals surface area contributed by atoms with Crippen LogP contribution >= 0.6 is 0 Å². The molecule has 0 heterocycles. The minimum absolute atomic E-state index is 0.0660. The van der Waals surface area contributed by atoms with E-state index in [0.29, 0.717) is 133 Å². The lowest BCUT2D eigenvalue weighted by atomic mass is 10.0. The molecule has 0 saturated carbocycles. The van der Waals surface area contributed by atoms with Crippen molar-refractivity contribution in [2.24, 2.45) is 0 Å². The van der Waals surface area contributed by atoms with Crippen molar-refractivity contribution in [3.05, 3.63) is 495 Å². The summed E-state index contributed by atoms with van der Waals surface area (Å²) in [5, 5.41) is 2.10. The van der Waals surface area contributed by atoms with Gasteiger partial charge in [0.2, 0.25) is 0 Å². The molecule has 0 aliphatic rings. The predicted molar refractivity (Wildman–Crippen MR) is 516 cm³/mol. The SMILES string of the molecule is COc1ccc2ccccc2c1COCc1cc(OCc2cc(OCc3cc(OCc4ccccc4)cc(OCc4ccccc4)c3)cc(OCc3cc(OCc4ccccc4)cc(OCc4ccccc4)c3)c2)cc(OCc2cc(OCc3cc(OCc4ccccc4)cc(OCc4ccccc4)c3)cc(OCc3cc(OCc4ccccc4)cc(OCc4ccccc4)c3)c2)c1. The van der Waals surface area contributed by atoms with Crippen LogP contribution in [0.5, 0.6) is 86.2 Å². The maximum absolute atomic E-state index is 7.00. The average molecular weight is 1760 g/mol. The monoisotopic (exact) mass is 1760 g/mol. The second-order valence-electron chi connectivity index (χ2n) is 32.1. The summed E-state index contributed by atoms with van der Waals surface area (Å²) in [6, 6.07) is 134. The standard InChI is InChI=1S/C117H102O16/c1-118-117-47-46-100-44-26-27-45-115(100)116(117)84-119-69-93-48-101(128-78-98-58-111(130-80-94-50-103(120-70-85-28-10-2-11-29-85)63-104(51-94)121-71-86-30-12-3-13-31-86)67-112(59-98)131-81-95-52-105(122-72-87-32-14-4-15-33-87)64-106(53-95)123-73-88-34-16-5-17-35-88)62-102(49-93)129-79-99-60-113(132-82-96-54-107(124-74-89-36-18-6-19-37-89)65-108(55-96)125-75-90-38-20-7-21-39-90)68-114(61-99)133-83-97-56-109(126-76-91-40-22-8-23-41-91)66-110(57-97)127-77-92-42-24-9-25-43-92/h2-68H,69-84H2,1H3. The van der Waals surface area contributed by atoms with Crippen molar-refractivity contribution < 1.29 is 75.8 Å². The van der Waals surface area contributed by atoms with Crippen molar-refractivity contribution >= 4 is 10.8 Å². The van der Waals surface area contributed by atoms with Crippen molar-refractivity contribution in [2.45, 2.75) is 106 Å². The minimum Gasteiger partial charge on any atom is -0.496 e. The summed E-state index contributed by atoms with van der Waals surface area (Å²) in [6.07, 6.45) is 0. The van der Waals surface area contributed by atoms with Gasteiger partial charge >= 0.3 is 0 Å². The molecule has 16 nitrogen and oxygen atoms in total. The Labute approximate surface area is 776 Å². The normalized spacial score (nSPS) is 11.0. The van der Waals surface area contributed by atoms with Gasteiger partial charge in [-0.1, -0.05) is 273 Å². The first-order valence-corrected chi connectivity index (χ1v) is 44.4. The van der Waals surface area contributed by atoms with E-state index < -0.39 is 0 Å². The number of rotatable bonds is 47. The molecule has 0 aliphatic carbocycles. The molecule has 17 aromatic rings. The zero-order valence-corrected chi connectivity index (χ0v) is 74.0. The molecule has 17 rings (SSSR count). The molecule has 0 radical (unpaired) electrons. The van der Waals surface area contributed by atoms with E-state index in [1.54, 1.807) is 7.11 Å². The molecule has 17 aromatic carbocycles. The maximum Gasteiger partial charge on any atom is 0.125 e. The van der Waals surface area contributed by atoms with E-state index in [-0.39, 0.29) is 52.9 Å². The molecule has 0 spiro atoms. The lowest BCUT2D eigenvalue weighted by Gasteiger charge is -2.17. The van der Waals surface area contributed by atoms with Gasteiger partial charge in [-0.15, -0.1) is 0 Å². The van der Waals surface area contributed by atoms with Gasteiger partial charge in [0.05, 0.1) is 20.3 Å². The van der Waals surface area contributed by atoms with E-state index in [4.69, 9.17) is 75.8 Å². The molecule has 16 heteroatoms. The Morgan fingerprint density at radius 3 is 0.496 bits per heavy atom. The van der Waals surface area contributed by atoms with Gasteiger partial charge in [-0.2, -0.15) is 0 Å². The Morgan fingerprint density at radius 2 is 0.308 bits per heavy atom. The zero-order valence-electron chi connectivity index (χ0n) is 74.0. The zero-order chi connectivity index (χ0) is 90.1. The first-order valence-electron chi connectivity index (χ1n) is 44.4. The third-order valence-electron chi connectivity index (χ3n) is 21.7. The van der Waals surface area contributed by atoms with Gasteiger partial charge in [-0.3, -0.25) is 0 Å². The van der Waals surface area contributed by atoms with Crippen LogP contribution in [-0.2, 0) is 110 Å². The summed E-state index contributed by atoms with van der Waals surface area (Å²) in [5.74, 6) is 8.85. The Hall–Kier alpha value is -16.0. The number of hydrogen-bond donors (Lipinski definition) is 0. The smallest absolute Gasteiger partial charge is 0.125 e. The number of fused-ring (bicyclic) bond motifs is 1. The van der Waals surface area contributed by atoms with Crippen molar-refractivity contribution in [3.63, 3.8) is 0 Å². The van der Waals surface area contributed by atoms with Crippen molar-refractivity contribution in [3.8, 4) is 86.2 Å². The fourth-order valence-corrected chi connectivity index (χ4v) is 15.0. The van der Waals surface area contributed by atoms with Gasteiger partial charge in [-0.05, 0) is 185 Å². The molecule has 0 unspecified atom stereocenters. The molecule has 133 heavy (non-hydrogen) atoms. The lowest BCUT2D eigenvalue weighted by Crippen LogP contribution is -2.04. The second-order valence-corrected chi connectivity index (χ2v) is 32.1. The highest BCUT2D eigenvalue weighted by Gasteiger charge is 2.18. The Morgan fingerprint density at radius 1 is 0.143 bits per heavy atom. The summed E-state index contributed by atoms with van der Waals surface area (Å²) in [7, 11) is 1.68. The van der Waals surface area contributed by atoms with E-state index in [2.05, 4.69) is 18.2 Å². The van der Waals surface area contributed by atoms with Crippen LogP contribution in [0.25, 0.3) is 10.8 Å². The molecule has 666 valence electrons. The molecule has 0 N–H and O–H groups in total. The molecule has 0 aliphatic heterocycles. The molecule has 0 saturated heterocycles. The predicted octanol–water partition coefficient (Wildman–Crippen LogP) is 26.7. The van der Waals surface area contributed by atoms with Gasteiger partial charge < -0.3 is 75.8 Å². The highest BCUT2D eigenvalue weighted by Crippen LogP contribution is 2.37. The first-order chi connectivity index (χ1) is 65.7. The summed E-state index contributed by atoms with van der Waals surface area (Å²) < 4.78 is 106. The minimum atomic E-state index is 0.0660. The third-order valence-corrected chi connectivity index (χ3v) is 21.7. The summed E-state index contributed by atoms with van der Waals surface area (Å²) in [6.45, 7) is 3.97. The lowest BCUT2D eigenvalue weighted by molar-refractivity contribution is 0.106. The summed E-state index contributed by atoms with van der Waals surface area (Å²) in [4.78, 5) is 0. The number of hydrogen-bond acceptors (Lipinski definition) is 16. The highest BCUT2D eigenvalue weighted by molar-refractivity contribution is 5.87. The van der Waals surface area contributed by atoms with Gasteiger partial charge in [0.15, 0.2) is 0 Å². The van der Waals surface area contributed by atoms with Crippen molar-refractivity contribution in [2.75, 3.05) is 7.11 Å². The van der Waals surface area contributed by atoms with Crippen molar-refractivity contribution in [1.82, 2.24) is 0 Å². The van der Waals surface area contributed by atoms with E-state index in [1.165, 1.54) is 0 Å². The average Bonchev–Trinajstić information content (AvgIpc) is 0.806. The topological polar surface area (TPSA) is 148 Å². The first kappa shape index (κ1) is 89.0. The maximum atomic E-state index is 7.00. The fraction of sp³-hybridized carbons (Fsp3) is 0.145. The third kappa shape index (κ3) is 27.5. The molecular formula is C117H102O16. The Kier molecular flexibility index (Phi) is 31.0. The number of benzene rings is 17. The van der Waals surface area contributed by atoms with E-state index in [9.17, 15) is 0 Å². The summed E-state index contributed by atoms with van der Waals surface area (Å²) >= 11 is 0. The van der Waals surface area contributed by atoms with E-state index in [1.807, 2.05) is 388 Å². The number of methoxy groups -OCH3 is 1. The molecule has 0 amide bonds. The van der Waals surface area contributed by atoms with Gasteiger partial charge in [-0.25, -0.2) is 0 Å². The quantitative estimate of drug-likeness (QED) is 0.0356. The molecular weight excluding hydrogens is 1660 g/mol. The second kappa shape index (κ2) is 46.3. The van der Waals surface area contributed by atoms with Crippen LogP contribution in [-0.4, -0.2) is 7.11 Å². The fourth-order valence-electron chi connectivity index (χ4n) is 15.0. The van der Waals surface area contributed by atoms with Crippen LogP contribution < -0.4 is 71.1 Å². The van der Waals surface area contributed by atoms with E-state index in [0.717, 1.165) is 106 Å².